The molecule has 2 atom stereocenters. The molecule has 6 heteroatoms. The molecule has 1 aromatic carbocycles. The molecule has 3 N–H and O–H groups in total. The van der Waals surface area contributed by atoms with Crippen molar-refractivity contribution < 1.29 is 13.9 Å². The maximum absolute atomic E-state index is 13.5. The number of rotatable bonds is 8. The molecule has 2 unspecified atom stereocenters. The van der Waals surface area contributed by atoms with Gasteiger partial charge in [-0.3, -0.25) is 0 Å². The quantitative estimate of drug-likeness (QED) is 0.568. The Morgan fingerprint density at radius 1 is 1.43 bits per heavy atom. The number of hydrogen-bond donors (Lipinski definition) is 2. The lowest BCUT2D eigenvalue weighted by Gasteiger charge is -2.17. The first-order valence-electron chi connectivity index (χ1n) is 7.03. The van der Waals surface area contributed by atoms with Crippen molar-refractivity contribution in [3.05, 3.63) is 30.1 Å². The fraction of sp³-hybridized carbons (Fsp3) is 0.533. The van der Waals surface area contributed by atoms with Crippen LogP contribution in [0.25, 0.3) is 0 Å². The van der Waals surface area contributed by atoms with Crippen LogP contribution in [-0.2, 0) is 4.74 Å². The van der Waals surface area contributed by atoms with Gasteiger partial charge in [-0.1, -0.05) is 19.1 Å². The van der Waals surface area contributed by atoms with E-state index < -0.39 is 0 Å². The average Bonchev–Trinajstić information content (AvgIpc) is 2.45. The van der Waals surface area contributed by atoms with E-state index in [9.17, 15) is 4.39 Å². The van der Waals surface area contributed by atoms with Gasteiger partial charge >= 0.3 is 0 Å². The number of methoxy groups -OCH3 is 1. The number of para-hydroxylation sites is 1. The Morgan fingerprint density at radius 2 is 2.14 bits per heavy atom. The molecule has 0 bridgehead atoms. The summed E-state index contributed by atoms with van der Waals surface area (Å²) in [5.74, 6) is 0.189. The van der Waals surface area contributed by atoms with E-state index in [4.69, 9.17) is 15.2 Å². The molecule has 0 saturated heterocycles. The Kier molecular flexibility index (Phi) is 7.53. The summed E-state index contributed by atoms with van der Waals surface area (Å²) in [6, 6.07) is 6.40. The van der Waals surface area contributed by atoms with Crippen LogP contribution in [0.5, 0.6) is 5.75 Å². The molecule has 1 aromatic rings. The van der Waals surface area contributed by atoms with Gasteiger partial charge in [-0.2, -0.15) is 0 Å². The van der Waals surface area contributed by atoms with E-state index in [-0.39, 0.29) is 23.7 Å². The van der Waals surface area contributed by atoms with E-state index in [1.165, 1.54) is 6.07 Å². The summed E-state index contributed by atoms with van der Waals surface area (Å²) in [7, 11) is 1.63. The number of benzene rings is 1. The average molecular weight is 297 g/mol. The molecule has 0 aliphatic heterocycles. The predicted octanol–water partition coefficient (Wildman–Crippen LogP) is 1.92. The summed E-state index contributed by atoms with van der Waals surface area (Å²) in [6.45, 7) is 4.81. The van der Waals surface area contributed by atoms with Crippen LogP contribution in [-0.4, -0.2) is 38.4 Å². The number of hydrogen-bond acceptors (Lipinski definition) is 3. The van der Waals surface area contributed by atoms with Gasteiger partial charge in [0.25, 0.3) is 0 Å². The SMILES string of the molecule is CCC(CN=C(N)NC(C)COC)Oc1ccccc1F. The summed E-state index contributed by atoms with van der Waals surface area (Å²) < 4.78 is 24.1. The zero-order chi connectivity index (χ0) is 15.7. The molecule has 0 spiro atoms. The first-order chi connectivity index (χ1) is 10.1. The van der Waals surface area contributed by atoms with E-state index in [2.05, 4.69) is 10.3 Å². The minimum absolute atomic E-state index is 0.0753. The highest BCUT2D eigenvalue weighted by atomic mass is 19.1. The van der Waals surface area contributed by atoms with E-state index in [0.29, 0.717) is 25.5 Å². The Bertz CT molecular complexity index is 454. The van der Waals surface area contributed by atoms with Gasteiger partial charge in [0.2, 0.25) is 0 Å². The third kappa shape index (κ3) is 6.44. The van der Waals surface area contributed by atoms with Gasteiger partial charge in [-0.05, 0) is 25.5 Å². The zero-order valence-electron chi connectivity index (χ0n) is 12.8. The Morgan fingerprint density at radius 3 is 2.76 bits per heavy atom. The lowest BCUT2D eigenvalue weighted by molar-refractivity contribution is 0.179. The highest BCUT2D eigenvalue weighted by Crippen LogP contribution is 2.18. The molecule has 0 fully saturated rings. The fourth-order valence-corrected chi connectivity index (χ4v) is 1.76. The summed E-state index contributed by atoms with van der Waals surface area (Å²) >= 11 is 0. The second-order valence-corrected chi connectivity index (χ2v) is 4.81. The number of nitrogens with zero attached hydrogens (tertiary/aromatic N) is 1. The van der Waals surface area contributed by atoms with E-state index in [1.807, 2.05) is 13.8 Å². The highest BCUT2D eigenvalue weighted by Gasteiger charge is 2.11. The summed E-state index contributed by atoms with van der Waals surface area (Å²) in [4.78, 5) is 4.22. The molecule has 0 heterocycles. The van der Waals surface area contributed by atoms with Crippen LogP contribution in [0.15, 0.2) is 29.3 Å². The summed E-state index contributed by atoms with van der Waals surface area (Å²) in [5, 5.41) is 3.01. The molecule has 0 saturated carbocycles. The standard InChI is InChI=1S/C15H24FN3O2/c1-4-12(21-14-8-6-5-7-13(14)16)9-18-15(17)19-11(2)10-20-3/h5-8,11-12H,4,9-10H2,1-3H3,(H3,17,18,19). The topological polar surface area (TPSA) is 68.9 Å². The van der Waals surface area contributed by atoms with E-state index in [0.717, 1.165) is 0 Å². The van der Waals surface area contributed by atoms with Crippen LogP contribution in [0.1, 0.15) is 20.3 Å². The Labute approximate surface area is 125 Å². The molecule has 0 aliphatic carbocycles. The number of nitrogens with two attached hydrogens (primary N) is 1. The van der Waals surface area contributed by atoms with Gasteiger partial charge in [-0.15, -0.1) is 0 Å². The lowest BCUT2D eigenvalue weighted by Crippen LogP contribution is -2.41. The normalized spacial score (nSPS) is 14.6. The molecule has 5 nitrogen and oxygen atoms in total. The number of nitrogens with one attached hydrogen (secondary N) is 1. The smallest absolute Gasteiger partial charge is 0.189 e. The number of halogens is 1. The maximum atomic E-state index is 13.5. The number of aliphatic imine (C=N–C) groups is 1. The minimum atomic E-state index is -0.375. The molecule has 0 aliphatic rings. The lowest BCUT2D eigenvalue weighted by atomic mass is 10.2. The molecule has 0 radical (unpaired) electrons. The molecule has 0 amide bonds. The van der Waals surface area contributed by atoms with Crippen molar-refractivity contribution in [1.82, 2.24) is 5.32 Å². The van der Waals surface area contributed by atoms with Crippen LogP contribution >= 0.6 is 0 Å². The second kappa shape index (κ2) is 9.18. The van der Waals surface area contributed by atoms with Gasteiger partial charge in [0, 0.05) is 13.2 Å². The van der Waals surface area contributed by atoms with Gasteiger partial charge in [0.1, 0.15) is 6.10 Å². The Hall–Kier alpha value is -1.82. The largest absolute Gasteiger partial charge is 0.485 e. The van der Waals surface area contributed by atoms with Crippen LogP contribution < -0.4 is 15.8 Å². The van der Waals surface area contributed by atoms with Crippen molar-refractivity contribution in [3.8, 4) is 5.75 Å². The van der Waals surface area contributed by atoms with E-state index in [1.54, 1.807) is 25.3 Å². The third-order valence-electron chi connectivity index (χ3n) is 2.86. The molecule has 0 aromatic heterocycles. The maximum Gasteiger partial charge on any atom is 0.189 e. The van der Waals surface area contributed by atoms with Gasteiger partial charge in [-0.25, -0.2) is 9.38 Å². The van der Waals surface area contributed by atoms with Gasteiger partial charge < -0.3 is 20.5 Å². The molecule has 1 rings (SSSR count). The van der Waals surface area contributed by atoms with Crippen molar-refractivity contribution in [2.75, 3.05) is 20.3 Å². The van der Waals surface area contributed by atoms with Crippen LogP contribution in [0.2, 0.25) is 0 Å². The number of guanidine groups is 1. The minimum Gasteiger partial charge on any atom is -0.485 e. The number of ether oxygens (including phenoxy) is 2. The van der Waals surface area contributed by atoms with Crippen molar-refractivity contribution in [3.63, 3.8) is 0 Å². The van der Waals surface area contributed by atoms with Gasteiger partial charge in [0.05, 0.1) is 13.2 Å². The predicted molar refractivity (Wildman–Crippen MR) is 82.1 cm³/mol. The van der Waals surface area contributed by atoms with E-state index >= 15 is 0 Å². The second-order valence-electron chi connectivity index (χ2n) is 4.81. The van der Waals surface area contributed by atoms with Crippen molar-refractivity contribution in [2.45, 2.75) is 32.4 Å². The zero-order valence-corrected chi connectivity index (χ0v) is 12.8. The molecule has 21 heavy (non-hydrogen) atoms. The molecular weight excluding hydrogens is 273 g/mol. The Balaban J connectivity index is 2.52. The van der Waals surface area contributed by atoms with Crippen LogP contribution in [0.3, 0.4) is 0 Å². The van der Waals surface area contributed by atoms with Gasteiger partial charge in [0.15, 0.2) is 17.5 Å². The van der Waals surface area contributed by atoms with Crippen molar-refractivity contribution >= 4 is 5.96 Å². The fourth-order valence-electron chi connectivity index (χ4n) is 1.76. The van der Waals surface area contributed by atoms with Crippen LogP contribution in [0, 0.1) is 5.82 Å². The van der Waals surface area contributed by atoms with Crippen molar-refractivity contribution in [1.29, 1.82) is 0 Å². The summed E-state index contributed by atoms with van der Waals surface area (Å²) in [5.41, 5.74) is 5.78. The highest BCUT2D eigenvalue weighted by molar-refractivity contribution is 5.78. The first kappa shape index (κ1) is 17.2. The monoisotopic (exact) mass is 297 g/mol. The van der Waals surface area contributed by atoms with Crippen LogP contribution in [0.4, 0.5) is 4.39 Å². The molecular formula is C15H24FN3O2. The first-order valence-corrected chi connectivity index (χ1v) is 7.03. The molecule has 118 valence electrons. The van der Waals surface area contributed by atoms with Crippen molar-refractivity contribution in [2.24, 2.45) is 10.7 Å². The third-order valence-corrected chi connectivity index (χ3v) is 2.86. The summed E-state index contributed by atoms with van der Waals surface area (Å²) in [6.07, 6.45) is 0.485.